The van der Waals surface area contributed by atoms with Crippen LogP contribution in [0.5, 0.6) is 0 Å². The molecule has 0 atom stereocenters. The Balaban J connectivity index is 2.40. The second kappa shape index (κ2) is 5.81. The van der Waals surface area contributed by atoms with Crippen LogP contribution in [0.25, 0.3) is 0 Å². The molecule has 5 heteroatoms. The minimum absolute atomic E-state index is 0.0825. The van der Waals surface area contributed by atoms with Crippen molar-refractivity contribution >= 4 is 32.4 Å². The number of nitrogens with zero attached hydrogens (tertiary/aromatic N) is 1. The van der Waals surface area contributed by atoms with Crippen molar-refractivity contribution in [2.24, 2.45) is 4.99 Å². The van der Waals surface area contributed by atoms with Crippen LogP contribution >= 0.6 is 0 Å². The van der Waals surface area contributed by atoms with Gasteiger partial charge in [0.2, 0.25) is 0 Å². The predicted octanol–water partition coefficient (Wildman–Crippen LogP) is 3.56. The van der Waals surface area contributed by atoms with Crippen LogP contribution in [-0.4, -0.2) is 22.2 Å². The van der Waals surface area contributed by atoms with E-state index in [2.05, 4.69) is 21.0 Å². The minimum atomic E-state index is -4.40. The Morgan fingerprint density at radius 1 is 1.05 bits per heavy atom. The monoisotopic (exact) mass is 342 g/mol. The number of hydrogen-bond donors (Lipinski definition) is 0. The van der Waals surface area contributed by atoms with Gasteiger partial charge in [-0.15, -0.1) is 0 Å². The Hall–Kier alpha value is -1.58. The number of alkyl halides is 3. The van der Waals surface area contributed by atoms with Crippen LogP contribution in [0.15, 0.2) is 47.5 Å². The van der Waals surface area contributed by atoms with Crippen molar-refractivity contribution in [3.05, 3.63) is 59.2 Å². The van der Waals surface area contributed by atoms with Gasteiger partial charge in [-0.3, -0.25) is 0 Å². The maximum absolute atomic E-state index is 12.8. The molecule has 0 saturated carbocycles. The number of rotatable bonds is 2. The molecule has 0 amide bonds. The molecule has 0 aliphatic carbocycles. The van der Waals surface area contributed by atoms with Crippen LogP contribution in [0, 0.1) is 6.92 Å². The van der Waals surface area contributed by atoms with Crippen molar-refractivity contribution < 1.29 is 13.2 Å². The van der Waals surface area contributed by atoms with Crippen LogP contribution in [0.3, 0.4) is 0 Å². The molecule has 1 radical (unpaired) electrons. The number of para-hydroxylation sites is 1. The second-order valence-corrected chi connectivity index (χ2v) is 5.12. The van der Waals surface area contributed by atoms with Gasteiger partial charge in [-0.25, -0.2) is 0 Å². The summed E-state index contributed by atoms with van der Waals surface area (Å²) < 4.78 is 39.4. The summed E-state index contributed by atoms with van der Waals surface area (Å²) >= 11 is 2.91. The summed E-state index contributed by atoms with van der Waals surface area (Å²) in [5.74, 6) is 0. The number of halogens is 3. The van der Waals surface area contributed by atoms with Gasteiger partial charge >= 0.3 is 123 Å². The first-order valence-corrected chi connectivity index (χ1v) is 6.72. The molecule has 0 fully saturated rings. The number of aryl methyl sites for hydroxylation is 1. The molecule has 20 heavy (non-hydrogen) atoms. The Labute approximate surface area is 123 Å². The summed E-state index contributed by atoms with van der Waals surface area (Å²) in [6.45, 7) is 1.92. The average molecular weight is 341 g/mol. The summed E-state index contributed by atoms with van der Waals surface area (Å²) in [6, 6.07) is 10.8. The molecule has 0 heterocycles. The second-order valence-electron chi connectivity index (χ2n) is 4.27. The summed E-state index contributed by atoms with van der Waals surface area (Å²) in [5, 5.41) is 0. The summed E-state index contributed by atoms with van der Waals surface area (Å²) in [6.07, 6.45) is -2.95. The zero-order valence-corrected chi connectivity index (χ0v) is 12.3. The molecule has 2 aromatic rings. The molecule has 0 spiro atoms. The SMILES string of the molecule is Cc1cccc(C=Nc2ccccc2C(F)(F)F)c1[Se]. The average Bonchev–Trinajstić information content (AvgIpc) is 2.40. The van der Waals surface area contributed by atoms with Crippen molar-refractivity contribution in [2.45, 2.75) is 13.1 Å². The summed E-state index contributed by atoms with van der Waals surface area (Å²) in [7, 11) is 0. The van der Waals surface area contributed by atoms with E-state index in [0.29, 0.717) is 0 Å². The fourth-order valence-electron chi connectivity index (χ4n) is 1.74. The number of benzene rings is 2. The molecule has 0 aromatic heterocycles. The molecule has 0 unspecified atom stereocenters. The van der Waals surface area contributed by atoms with Crippen LogP contribution in [0.1, 0.15) is 16.7 Å². The van der Waals surface area contributed by atoms with Gasteiger partial charge in [-0.1, -0.05) is 0 Å². The Morgan fingerprint density at radius 2 is 1.75 bits per heavy atom. The molecule has 2 aromatic carbocycles. The van der Waals surface area contributed by atoms with Crippen LogP contribution in [-0.2, 0) is 6.18 Å². The number of aliphatic imine (C=N–C) groups is 1. The topological polar surface area (TPSA) is 12.4 Å². The molecular formula is C15H11F3NSe. The third-order valence-electron chi connectivity index (χ3n) is 2.79. The standard InChI is InChI=1S/C15H11F3NSe/c1-10-5-4-6-11(14(10)20)9-19-13-8-3-2-7-12(13)15(16,17)18/h2-9H,1H3. The Morgan fingerprint density at radius 3 is 2.45 bits per heavy atom. The summed E-state index contributed by atoms with van der Waals surface area (Å²) in [4.78, 5) is 3.98. The van der Waals surface area contributed by atoms with Crippen LogP contribution in [0.4, 0.5) is 18.9 Å². The van der Waals surface area contributed by atoms with E-state index in [1.54, 1.807) is 6.07 Å². The molecule has 0 bridgehead atoms. The first-order chi connectivity index (χ1) is 9.39. The van der Waals surface area contributed by atoms with Gasteiger partial charge < -0.3 is 0 Å². The normalized spacial score (nSPS) is 12.0. The van der Waals surface area contributed by atoms with Crippen molar-refractivity contribution in [1.82, 2.24) is 0 Å². The molecule has 0 N–H and O–H groups in total. The zero-order chi connectivity index (χ0) is 14.8. The van der Waals surface area contributed by atoms with Gasteiger partial charge in [0.05, 0.1) is 0 Å². The fourth-order valence-corrected chi connectivity index (χ4v) is 2.14. The molecule has 2 rings (SSSR count). The van der Waals surface area contributed by atoms with Crippen molar-refractivity contribution in [1.29, 1.82) is 0 Å². The predicted molar refractivity (Wildman–Crippen MR) is 75.3 cm³/mol. The fraction of sp³-hybridized carbons (Fsp3) is 0.133. The van der Waals surface area contributed by atoms with Gasteiger partial charge in [0.1, 0.15) is 0 Å². The van der Waals surface area contributed by atoms with Crippen molar-refractivity contribution in [2.75, 3.05) is 0 Å². The van der Waals surface area contributed by atoms with Crippen LogP contribution < -0.4 is 4.46 Å². The van der Waals surface area contributed by atoms with Crippen molar-refractivity contribution in [3.63, 3.8) is 0 Å². The summed E-state index contributed by atoms with van der Waals surface area (Å²) in [5.41, 5.74) is 0.978. The first-order valence-electron chi connectivity index (χ1n) is 5.86. The van der Waals surface area contributed by atoms with E-state index >= 15 is 0 Å². The number of hydrogen-bond acceptors (Lipinski definition) is 1. The van der Waals surface area contributed by atoms with Crippen molar-refractivity contribution in [3.8, 4) is 0 Å². The third-order valence-corrected chi connectivity index (χ3v) is 3.96. The van der Waals surface area contributed by atoms with Gasteiger partial charge in [-0.05, 0) is 0 Å². The molecule has 0 saturated heterocycles. The molecule has 103 valence electrons. The third kappa shape index (κ3) is 3.30. The van der Waals surface area contributed by atoms with E-state index in [1.165, 1.54) is 24.4 Å². The van der Waals surface area contributed by atoms with Gasteiger partial charge in [-0.2, -0.15) is 0 Å². The molecule has 0 aliphatic heterocycles. The van der Waals surface area contributed by atoms with E-state index < -0.39 is 11.7 Å². The Kier molecular flexibility index (Phi) is 4.31. The molecular weight excluding hydrogens is 330 g/mol. The zero-order valence-electron chi connectivity index (χ0n) is 10.6. The van der Waals surface area contributed by atoms with Gasteiger partial charge in [0.25, 0.3) is 0 Å². The first kappa shape index (κ1) is 14.8. The Bertz CT molecular complexity index is 648. The molecule has 1 nitrogen and oxygen atoms in total. The van der Waals surface area contributed by atoms with Gasteiger partial charge in [0, 0.05) is 0 Å². The van der Waals surface area contributed by atoms with E-state index in [9.17, 15) is 13.2 Å². The van der Waals surface area contributed by atoms with E-state index in [4.69, 9.17) is 0 Å². The van der Waals surface area contributed by atoms with Crippen LogP contribution in [0.2, 0.25) is 0 Å². The van der Waals surface area contributed by atoms with Gasteiger partial charge in [0.15, 0.2) is 0 Å². The van der Waals surface area contributed by atoms with E-state index in [0.717, 1.165) is 21.7 Å². The maximum atomic E-state index is 12.8. The molecule has 0 aliphatic rings. The quantitative estimate of drug-likeness (QED) is 0.585. The van der Waals surface area contributed by atoms with E-state index in [-0.39, 0.29) is 5.69 Å². The van der Waals surface area contributed by atoms with E-state index in [1.807, 2.05) is 19.1 Å².